The van der Waals surface area contributed by atoms with Crippen LogP contribution in [-0.4, -0.2) is 31.7 Å². The number of amides is 1. The second-order valence-electron chi connectivity index (χ2n) is 7.60. The minimum atomic E-state index is -3.87. The molecule has 8 heteroatoms. The smallest absolute Gasteiger partial charge is 0.272 e. The molecule has 0 aromatic heterocycles. The standard InChI is InChI=1S/C24H26FN3O3S/c1-18(2)27(3)32(30,31)21-14-15-23(25)22(16-21)24(29)26-28(20-12-8-5-9-13-20)17-19-10-6-4-7-11-19/h4-16,18H,17H2,1-3H3,(H,26,29). The average Bonchev–Trinajstić information content (AvgIpc) is 2.79. The summed E-state index contributed by atoms with van der Waals surface area (Å²) in [7, 11) is -2.42. The van der Waals surface area contributed by atoms with Crippen LogP contribution in [0.5, 0.6) is 0 Å². The summed E-state index contributed by atoms with van der Waals surface area (Å²) in [6.45, 7) is 3.80. The van der Waals surface area contributed by atoms with Crippen LogP contribution in [0, 0.1) is 5.82 Å². The number of halogens is 1. The van der Waals surface area contributed by atoms with Gasteiger partial charge in [0.15, 0.2) is 0 Å². The molecular weight excluding hydrogens is 429 g/mol. The fourth-order valence-corrected chi connectivity index (χ4v) is 4.43. The van der Waals surface area contributed by atoms with E-state index in [4.69, 9.17) is 0 Å². The summed E-state index contributed by atoms with van der Waals surface area (Å²) >= 11 is 0. The molecule has 3 rings (SSSR count). The zero-order valence-electron chi connectivity index (χ0n) is 18.2. The first-order valence-electron chi connectivity index (χ1n) is 10.1. The third kappa shape index (κ3) is 5.33. The minimum absolute atomic E-state index is 0.144. The van der Waals surface area contributed by atoms with Gasteiger partial charge in [0.1, 0.15) is 5.82 Å². The van der Waals surface area contributed by atoms with Crippen LogP contribution in [0.1, 0.15) is 29.8 Å². The average molecular weight is 456 g/mol. The number of benzene rings is 3. The highest BCUT2D eigenvalue weighted by Crippen LogP contribution is 2.21. The van der Waals surface area contributed by atoms with Gasteiger partial charge in [-0.3, -0.25) is 15.2 Å². The first kappa shape index (κ1) is 23.4. The van der Waals surface area contributed by atoms with Crippen molar-refractivity contribution >= 4 is 21.6 Å². The SMILES string of the molecule is CC(C)N(C)S(=O)(=O)c1ccc(F)c(C(=O)NN(Cc2ccccc2)c2ccccc2)c1. The van der Waals surface area contributed by atoms with Crippen molar-refractivity contribution in [3.63, 3.8) is 0 Å². The van der Waals surface area contributed by atoms with E-state index in [0.29, 0.717) is 12.2 Å². The molecule has 0 aliphatic heterocycles. The van der Waals surface area contributed by atoms with E-state index in [0.717, 1.165) is 17.7 Å². The van der Waals surface area contributed by atoms with Crippen molar-refractivity contribution in [3.8, 4) is 0 Å². The van der Waals surface area contributed by atoms with Crippen LogP contribution >= 0.6 is 0 Å². The quantitative estimate of drug-likeness (QED) is 0.517. The first-order chi connectivity index (χ1) is 15.2. The molecule has 3 aromatic carbocycles. The fraction of sp³-hybridized carbons (Fsp3) is 0.208. The number of rotatable bonds is 8. The Hall–Kier alpha value is -3.23. The van der Waals surface area contributed by atoms with Crippen LogP contribution in [-0.2, 0) is 16.6 Å². The molecule has 3 aromatic rings. The second kappa shape index (κ2) is 9.93. The predicted molar refractivity (Wildman–Crippen MR) is 123 cm³/mol. The first-order valence-corrected chi connectivity index (χ1v) is 11.6. The van der Waals surface area contributed by atoms with Gasteiger partial charge in [-0.05, 0) is 49.7 Å². The molecule has 1 amide bonds. The van der Waals surface area contributed by atoms with E-state index < -0.39 is 21.7 Å². The monoisotopic (exact) mass is 455 g/mol. The molecule has 0 bridgehead atoms. The number of hydrogen-bond acceptors (Lipinski definition) is 4. The lowest BCUT2D eigenvalue weighted by molar-refractivity contribution is 0.0944. The molecule has 1 N–H and O–H groups in total. The lowest BCUT2D eigenvalue weighted by Crippen LogP contribution is -2.42. The van der Waals surface area contributed by atoms with E-state index in [1.165, 1.54) is 17.4 Å². The molecule has 0 unspecified atom stereocenters. The highest BCUT2D eigenvalue weighted by atomic mass is 32.2. The maximum absolute atomic E-state index is 14.6. The topological polar surface area (TPSA) is 69.7 Å². The Bertz CT molecular complexity index is 1170. The molecule has 0 aliphatic carbocycles. The predicted octanol–water partition coefficient (Wildman–Crippen LogP) is 4.21. The van der Waals surface area contributed by atoms with Crippen LogP contribution < -0.4 is 10.4 Å². The number of nitrogens with one attached hydrogen (secondary N) is 1. The molecule has 6 nitrogen and oxygen atoms in total. The summed E-state index contributed by atoms with van der Waals surface area (Å²) in [6, 6.07) is 21.6. The fourth-order valence-electron chi connectivity index (χ4n) is 3.03. The Balaban J connectivity index is 1.92. The minimum Gasteiger partial charge on any atom is -0.281 e. The number of hydrazine groups is 1. The number of sulfonamides is 1. The van der Waals surface area contributed by atoms with E-state index in [1.807, 2.05) is 60.7 Å². The molecule has 32 heavy (non-hydrogen) atoms. The summed E-state index contributed by atoms with van der Waals surface area (Å²) in [5.41, 5.74) is 4.01. The molecule has 0 saturated carbocycles. The number of anilines is 1. The van der Waals surface area contributed by atoms with Crippen molar-refractivity contribution in [2.45, 2.75) is 31.3 Å². The Kier molecular flexibility index (Phi) is 7.27. The van der Waals surface area contributed by atoms with E-state index in [1.54, 1.807) is 18.9 Å². The van der Waals surface area contributed by atoms with Gasteiger partial charge in [0.2, 0.25) is 10.0 Å². The highest BCUT2D eigenvalue weighted by molar-refractivity contribution is 7.89. The summed E-state index contributed by atoms with van der Waals surface area (Å²) in [5, 5.41) is 1.60. The van der Waals surface area contributed by atoms with Crippen molar-refractivity contribution in [1.29, 1.82) is 0 Å². The van der Waals surface area contributed by atoms with E-state index in [9.17, 15) is 17.6 Å². The summed E-state index contributed by atoms with van der Waals surface area (Å²) in [4.78, 5) is 12.9. The summed E-state index contributed by atoms with van der Waals surface area (Å²) in [6.07, 6.45) is 0. The van der Waals surface area contributed by atoms with E-state index in [-0.39, 0.29) is 16.5 Å². The van der Waals surface area contributed by atoms with Crippen LogP contribution in [0.4, 0.5) is 10.1 Å². The van der Waals surface area contributed by atoms with Crippen molar-refractivity contribution in [2.24, 2.45) is 0 Å². The third-order valence-electron chi connectivity index (χ3n) is 5.07. The van der Waals surface area contributed by atoms with Crippen molar-refractivity contribution < 1.29 is 17.6 Å². The Labute approximate surface area is 188 Å². The summed E-state index contributed by atoms with van der Waals surface area (Å²) in [5.74, 6) is -1.55. The van der Waals surface area contributed by atoms with Crippen molar-refractivity contribution in [2.75, 3.05) is 12.1 Å². The van der Waals surface area contributed by atoms with Gasteiger partial charge in [-0.1, -0.05) is 48.5 Å². The normalized spacial score (nSPS) is 11.6. The Morgan fingerprint density at radius 1 is 0.969 bits per heavy atom. The number of hydrogen-bond donors (Lipinski definition) is 1. The van der Waals surface area contributed by atoms with Gasteiger partial charge >= 0.3 is 0 Å². The number of carbonyl (C=O) groups is 1. The van der Waals surface area contributed by atoms with Gasteiger partial charge in [-0.2, -0.15) is 4.31 Å². The lowest BCUT2D eigenvalue weighted by Gasteiger charge is -2.26. The van der Waals surface area contributed by atoms with E-state index >= 15 is 0 Å². The highest BCUT2D eigenvalue weighted by Gasteiger charge is 2.26. The summed E-state index contributed by atoms with van der Waals surface area (Å²) < 4.78 is 41.3. The van der Waals surface area contributed by atoms with Crippen LogP contribution in [0.25, 0.3) is 0 Å². The molecule has 0 spiro atoms. The second-order valence-corrected chi connectivity index (χ2v) is 9.60. The van der Waals surface area contributed by atoms with Gasteiger partial charge < -0.3 is 0 Å². The van der Waals surface area contributed by atoms with Gasteiger partial charge in [0.05, 0.1) is 22.7 Å². The molecule has 0 atom stereocenters. The third-order valence-corrected chi connectivity index (χ3v) is 7.10. The maximum atomic E-state index is 14.6. The Morgan fingerprint density at radius 3 is 2.16 bits per heavy atom. The zero-order chi connectivity index (χ0) is 23.3. The van der Waals surface area contributed by atoms with Gasteiger partial charge in [0, 0.05) is 13.1 Å². The van der Waals surface area contributed by atoms with E-state index in [2.05, 4.69) is 5.43 Å². The number of nitrogens with zero attached hydrogens (tertiary/aromatic N) is 2. The molecular formula is C24H26FN3O3S. The van der Waals surface area contributed by atoms with Gasteiger partial charge in [-0.25, -0.2) is 12.8 Å². The molecule has 0 saturated heterocycles. The maximum Gasteiger partial charge on any atom is 0.272 e. The van der Waals surface area contributed by atoms with Crippen LogP contribution in [0.15, 0.2) is 83.8 Å². The lowest BCUT2D eigenvalue weighted by atomic mass is 10.2. The molecule has 0 fully saturated rings. The largest absolute Gasteiger partial charge is 0.281 e. The molecule has 0 aliphatic rings. The number of carbonyl (C=O) groups excluding carboxylic acids is 1. The van der Waals surface area contributed by atoms with Crippen LogP contribution in [0.2, 0.25) is 0 Å². The molecule has 0 heterocycles. The van der Waals surface area contributed by atoms with Gasteiger partial charge in [0.25, 0.3) is 5.91 Å². The van der Waals surface area contributed by atoms with Gasteiger partial charge in [-0.15, -0.1) is 0 Å². The zero-order valence-corrected chi connectivity index (χ0v) is 19.0. The molecule has 0 radical (unpaired) electrons. The number of para-hydroxylation sites is 1. The Morgan fingerprint density at radius 2 is 1.56 bits per heavy atom. The van der Waals surface area contributed by atoms with Crippen LogP contribution in [0.3, 0.4) is 0 Å². The van der Waals surface area contributed by atoms with Crippen molar-refractivity contribution in [1.82, 2.24) is 9.73 Å². The van der Waals surface area contributed by atoms with Crippen molar-refractivity contribution in [3.05, 3.63) is 95.8 Å². The molecule has 168 valence electrons.